The first-order valence-corrected chi connectivity index (χ1v) is 6.87. The normalized spacial score (nSPS) is 10.6. The van der Waals surface area contributed by atoms with Gasteiger partial charge in [0.15, 0.2) is 5.75 Å². The van der Waals surface area contributed by atoms with E-state index in [1.54, 1.807) is 12.3 Å². The summed E-state index contributed by atoms with van der Waals surface area (Å²) in [6, 6.07) is 11.5. The van der Waals surface area contributed by atoms with Gasteiger partial charge in [-0.25, -0.2) is 4.98 Å². The van der Waals surface area contributed by atoms with Crippen LogP contribution < -0.4 is 10.1 Å². The van der Waals surface area contributed by atoms with Crippen LogP contribution in [0.2, 0.25) is 0 Å². The van der Waals surface area contributed by atoms with Crippen LogP contribution in [0.25, 0.3) is 10.9 Å². The van der Waals surface area contributed by atoms with Gasteiger partial charge in [-0.3, -0.25) is 4.98 Å². The third kappa shape index (κ3) is 2.76. The molecule has 0 aliphatic rings. The fourth-order valence-electron chi connectivity index (χ4n) is 2.08. The quantitative estimate of drug-likeness (QED) is 0.793. The molecule has 0 radical (unpaired) electrons. The summed E-state index contributed by atoms with van der Waals surface area (Å²) in [5.41, 5.74) is 0.822. The Morgan fingerprint density at radius 3 is 2.81 bits per heavy atom. The molecule has 1 N–H and O–H groups in total. The molecule has 0 saturated carbocycles. The van der Waals surface area contributed by atoms with Gasteiger partial charge in [0.05, 0.1) is 0 Å². The molecule has 0 aliphatic carbocycles. The number of benzene rings is 1. The van der Waals surface area contributed by atoms with E-state index in [-0.39, 0.29) is 0 Å². The maximum absolute atomic E-state index is 5.92. The molecule has 5 nitrogen and oxygen atoms in total. The molecule has 3 aromatic rings. The molecule has 0 saturated heterocycles. The minimum Gasteiger partial charge on any atom is -0.437 e. The number of anilines is 1. The van der Waals surface area contributed by atoms with Crippen molar-refractivity contribution in [3.05, 3.63) is 48.4 Å². The van der Waals surface area contributed by atoms with Crippen molar-refractivity contribution in [1.82, 2.24) is 15.0 Å². The lowest BCUT2D eigenvalue weighted by molar-refractivity contribution is 0.463. The summed E-state index contributed by atoms with van der Waals surface area (Å²) < 4.78 is 5.92. The number of aromatic nitrogens is 3. The van der Waals surface area contributed by atoms with Gasteiger partial charge in [-0.1, -0.05) is 25.1 Å². The van der Waals surface area contributed by atoms with E-state index in [9.17, 15) is 0 Å². The number of para-hydroxylation sites is 1. The van der Waals surface area contributed by atoms with Crippen LogP contribution in [0, 0.1) is 0 Å². The van der Waals surface area contributed by atoms with Crippen molar-refractivity contribution < 1.29 is 4.74 Å². The van der Waals surface area contributed by atoms with E-state index < -0.39 is 0 Å². The molecule has 106 valence electrons. The second-order valence-corrected chi connectivity index (χ2v) is 4.54. The lowest BCUT2D eigenvalue weighted by atomic mass is 10.2. The van der Waals surface area contributed by atoms with Gasteiger partial charge in [0, 0.05) is 31.1 Å². The number of ether oxygens (including phenoxy) is 1. The molecule has 0 unspecified atom stereocenters. The second-order valence-electron chi connectivity index (χ2n) is 4.54. The molecular formula is C16H16N4O. The lowest BCUT2D eigenvalue weighted by Crippen LogP contribution is -2.01. The molecule has 0 bridgehead atoms. The van der Waals surface area contributed by atoms with E-state index in [1.165, 1.54) is 0 Å². The smallest absolute Gasteiger partial charge is 0.224 e. The first-order valence-electron chi connectivity index (χ1n) is 6.87. The summed E-state index contributed by atoms with van der Waals surface area (Å²) in [5.74, 6) is 2.69. The lowest BCUT2D eigenvalue weighted by Gasteiger charge is -2.09. The van der Waals surface area contributed by atoms with Crippen molar-refractivity contribution in [2.75, 3.05) is 12.4 Å². The van der Waals surface area contributed by atoms with Crippen LogP contribution in [0.5, 0.6) is 11.6 Å². The number of nitrogens with zero attached hydrogens (tertiary/aromatic N) is 3. The highest BCUT2D eigenvalue weighted by Crippen LogP contribution is 2.28. The maximum atomic E-state index is 5.92. The van der Waals surface area contributed by atoms with Gasteiger partial charge < -0.3 is 10.1 Å². The first-order chi connectivity index (χ1) is 10.3. The fourth-order valence-corrected chi connectivity index (χ4v) is 2.08. The van der Waals surface area contributed by atoms with Crippen molar-refractivity contribution in [2.24, 2.45) is 0 Å². The largest absolute Gasteiger partial charge is 0.437 e. The minimum atomic E-state index is 0.518. The average Bonchev–Trinajstić information content (AvgIpc) is 2.55. The number of pyridine rings is 1. The molecule has 0 amide bonds. The predicted octanol–water partition coefficient (Wildman–Crippen LogP) is 3.42. The van der Waals surface area contributed by atoms with Gasteiger partial charge in [-0.2, -0.15) is 4.98 Å². The van der Waals surface area contributed by atoms with E-state index in [4.69, 9.17) is 4.74 Å². The zero-order valence-corrected chi connectivity index (χ0v) is 12.0. The molecule has 21 heavy (non-hydrogen) atoms. The van der Waals surface area contributed by atoms with Crippen LogP contribution in [0.1, 0.15) is 12.7 Å². The monoisotopic (exact) mass is 280 g/mol. The van der Waals surface area contributed by atoms with Crippen LogP contribution >= 0.6 is 0 Å². The van der Waals surface area contributed by atoms with Crippen molar-refractivity contribution >= 4 is 16.7 Å². The Balaban J connectivity index is 2.02. The van der Waals surface area contributed by atoms with Gasteiger partial charge in [0.2, 0.25) is 5.88 Å². The number of nitrogens with one attached hydrogen (secondary N) is 1. The number of hydrogen-bond donors (Lipinski definition) is 1. The van der Waals surface area contributed by atoms with Crippen LogP contribution in [-0.2, 0) is 6.42 Å². The summed E-state index contributed by atoms with van der Waals surface area (Å²) in [4.78, 5) is 13.1. The van der Waals surface area contributed by atoms with Crippen molar-refractivity contribution in [3.63, 3.8) is 0 Å². The van der Waals surface area contributed by atoms with E-state index in [0.29, 0.717) is 11.6 Å². The standard InChI is InChI=1S/C16H16N4O/c1-3-13-19-14(17-2)10-15(20-13)21-12-8-4-6-11-7-5-9-18-16(11)12/h4-10H,3H2,1-2H3,(H,17,19,20). The predicted molar refractivity (Wildman–Crippen MR) is 82.8 cm³/mol. The second kappa shape index (κ2) is 5.75. The highest BCUT2D eigenvalue weighted by Gasteiger charge is 2.08. The Morgan fingerprint density at radius 2 is 2.00 bits per heavy atom. The number of fused-ring (bicyclic) bond motifs is 1. The van der Waals surface area contributed by atoms with Crippen molar-refractivity contribution in [2.45, 2.75) is 13.3 Å². The molecule has 0 fully saturated rings. The van der Waals surface area contributed by atoms with Crippen molar-refractivity contribution in [1.29, 1.82) is 0 Å². The third-order valence-corrected chi connectivity index (χ3v) is 3.13. The Labute approximate surface area is 123 Å². The molecule has 5 heteroatoms. The highest BCUT2D eigenvalue weighted by atomic mass is 16.5. The van der Waals surface area contributed by atoms with Crippen LogP contribution in [0.4, 0.5) is 5.82 Å². The van der Waals surface area contributed by atoms with E-state index in [0.717, 1.165) is 29.0 Å². The summed E-state index contributed by atoms with van der Waals surface area (Å²) in [5, 5.41) is 4.05. The molecule has 0 spiro atoms. The summed E-state index contributed by atoms with van der Waals surface area (Å²) in [6.07, 6.45) is 2.51. The maximum Gasteiger partial charge on any atom is 0.224 e. The Hall–Kier alpha value is -2.69. The van der Waals surface area contributed by atoms with E-state index >= 15 is 0 Å². The van der Waals surface area contributed by atoms with Crippen molar-refractivity contribution in [3.8, 4) is 11.6 Å². The Morgan fingerprint density at radius 1 is 1.14 bits per heavy atom. The SMILES string of the molecule is CCc1nc(NC)cc(Oc2cccc3cccnc23)n1. The molecular weight excluding hydrogens is 264 g/mol. The van der Waals surface area contributed by atoms with Crippen LogP contribution in [0.15, 0.2) is 42.6 Å². The van der Waals surface area contributed by atoms with Gasteiger partial charge in [0.1, 0.15) is 17.2 Å². The average molecular weight is 280 g/mol. The zero-order valence-electron chi connectivity index (χ0n) is 12.0. The van der Waals surface area contributed by atoms with Gasteiger partial charge >= 0.3 is 0 Å². The molecule has 2 aromatic heterocycles. The number of aryl methyl sites for hydroxylation is 1. The van der Waals surface area contributed by atoms with Gasteiger partial charge in [-0.15, -0.1) is 0 Å². The highest BCUT2D eigenvalue weighted by molar-refractivity contribution is 5.84. The molecule has 1 aromatic carbocycles. The topological polar surface area (TPSA) is 59.9 Å². The zero-order chi connectivity index (χ0) is 14.7. The summed E-state index contributed by atoms with van der Waals surface area (Å²) in [7, 11) is 1.82. The number of rotatable bonds is 4. The minimum absolute atomic E-state index is 0.518. The Bertz CT molecular complexity index is 746. The van der Waals surface area contributed by atoms with Gasteiger partial charge in [0.25, 0.3) is 0 Å². The summed E-state index contributed by atoms with van der Waals surface area (Å²) in [6.45, 7) is 2.01. The van der Waals surface area contributed by atoms with E-state index in [1.807, 2.05) is 44.3 Å². The molecule has 3 rings (SSSR count). The third-order valence-electron chi connectivity index (χ3n) is 3.13. The first kappa shape index (κ1) is 13.3. The fraction of sp³-hybridized carbons (Fsp3) is 0.188. The van der Waals surface area contributed by atoms with Crippen LogP contribution in [-0.4, -0.2) is 22.0 Å². The van der Waals surface area contributed by atoms with Crippen LogP contribution in [0.3, 0.4) is 0 Å². The Kier molecular flexibility index (Phi) is 3.64. The number of hydrogen-bond acceptors (Lipinski definition) is 5. The molecule has 2 heterocycles. The van der Waals surface area contributed by atoms with Gasteiger partial charge in [-0.05, 0) is 12.1 Å². The molecule has 0 aliphatic heterocycles. The molecule has 0 atom stereocenters. The summed E-state index contributed by atoms with van der Waals surface area (Å²) >= 11 is 0. The van der Waals surface area contributed by atoms with E-state index in [2.05, 4.69) is 20.3 Å².